The van der Waals surface area contributed by atoms with Crippen LogP contribution >= 0.6 is 15.9 Å². The van der Waals surface area contributed by atoms with Crippen molar-refractivity contribution in [3.8, 4) is 11.5 Å². The SMILES string of the molecule is C[C@H](C(=O)Nc1ccc2c(c1)OCCO2)N(C)Cc1ccc(Br)cc1. The molecule has 0 fully saturated rings. The summed E-state index contributed by atoms with van der Waals surface area (Å²) in [7, 11) is 1.94. The van der Waals surface area contributed by atoms with Crippen molar-refractivity contribution in [1.82, 2.24) is 4.90 Å². The smallest absolute Gasteiger partial charge is 0.241 e. The first-order valence-corrected chi connectivity index (χ1v) is 8.97. The lowest BCUT2D eigenvalue weighted by molar-refractivity contribution is -0.120. The van der Waals surface area contributed by atoms with Crippen molar-refractivity contribution in [3.05, 3.63) is 52.5 Å². The highest BCUT2D eigenvalue weighted by Gasteiger charge is 2.19. The average Bonchev–Trinajstić information content (AvgIpc) is 2.62. The minimum Gasteiger partial charge on any atom is -0.486 e. The number of likely N-dealkylation sites (N-methyl/N-ethyl adjacent to an activating group) is 1. The Hall–Kier alpha value is -2.05. The lowest BCUT2D eigenvalue weighted by atomic mass is 10.2. The van der Waals surface area contributed by atoms with Gasteiger partial charge in [-0.05, 0) is 43.8 Å². The molecule has 0 saturated carbocycles. The van der Waals surface area contributed by atoms with Gasteiger partial charge >= 0.3 is 0 Å². The third-order valence-corrected chi connectivity index (χ3v) is 4.72. The zero-order valence-electron chi connectivity index (χ0n) is 14.3. The number of hydrogen-bond acceptors (Lipinski definition) is 4. The van der Waals surface area contributed by atoms with Gasteiger partial charge in [0.25, 0.3) is 0 Å². The molecule has 1 N–H and O–H groups in total. The van der Waals surface area contributed by atoms with E-state index in [9.17, 15) is 4.79 Å². The molecular formula is C19H21BrN2O3. The maximum absolute atomic E-state index is 12.5. The van der Waals surface area contributed by atoms with E-state index in [1.807, 2.05) is 55.3 Å². The minimum absolute atomic E-state index is 0.0590. The van der Waals surface area contributed by atoms with Gasteiger partial charge in [-0.15, -0.1) is 0 Å². The number of nitrogens with zero attached hydrogens (tertiary/aromatic N) is 1. The van der Waals surface area contributed by atoms with Crippen molar-refractivity contribution >= 4 is 27.5 Å². The Morgan fingerprint density at radius 3 is 2.56 bits per heavy atom. The Morgan fingerprint density at radius 2 is 1.84 bits per heavy atom. The number of halogens is 1. The maximum atomic E-state index is 12.5. The normalized spacial score (nSPS) is 14.2. The molecule has 1 amide bonds. The second-order valence-corrected chi connectivity index (χ2v) is 6.98. The van der Waals surface area contributed by atoms with Crippen LogP contribution in [-0.2, 0) is 11.3 Å². The van der Waals surface area contributed by atoms with Crippen LogP contribution in [0.1, 0.15) is 12.5 Å². The predicted molar refractivity (Wildman–Crippen MR) is 101 cm³/mol. The second kappa shape index (κ2) is 7.89. The first-order valence-electron chi connectivity index (χ1n) is 8.18. The number of nitrogens with one attached hydrogen (secondary N) is 1. The number of anilines is 1. The van der Waals surface area contributed by atoms with Crippen molar-refractivity contribution in [1.29, 1.82) is 0 Å². The molecule has 0 aromatic heterocycles. The third-order valence-electron chi connectivity index (χ3n) is 4.20. The quantitative estimate of drug-likeness (QED) is 0.825. The van der Waals surface area contributed by atoms with E-state index in [0.29, 0.717) is 36.9 Å². The molecule has 5 nitrogen and oxygen atoms in total. The summed E-state index contributed by atoms with van der Waals surface area (Å²) in [6.45, 7) is 3.67. The van der Waals surface area contributed by atoms with Crippen LogP contribution in [0, 0.1) is 0 Å². The van der Waals surface area contributed by atoms with Gasteiger partial charge in [-0.1, -0.05) is 28.1 Å². The van der Waals surface area contributed by atoms with Gasteiger partial charge in [-0.2, -0.15) is 0 Å². The highest BCUT2D eigenvalue weighted by atomic mass is 79.9. The Labute approximate surface area is 156 Å². The molecule has 0 spiro atoms. The van der Waals surface area contributed by atoms with E-state index < -0.39 is 0 Å². The molecule has 6 heteroatoms. The summed E-state index contributed by atoms with van der Waals surface area (Å²) in [5.74, 6) is 1.32. The summed E-state index contributed by atoms with van der Waals surface area (Å²) in [5, 5.41) is 2.94. The summed E-state index contributed by atoms with van der Waals surface area (Å²) in [6.07, 6.45) is 0. The van der Waals surface area contributed by atoms with E-state index in [-0.39, 0.29) is 11.9 Å². The molecule has 0 aliphatic carbocycles. The van der Waals surface area contributed by atoms with Gasteiger partial charge in [0, 0.05) is 22.8 Å². The van der Waals surface area contributed by atoms with Crippen molar-refractivity contribution in [2.24, 2.45) is 0 Å². The molecule has 1 atom stereocenters. The Bertz CT molecular complexity index is 749. The van der Waals surface area contributed by atoms with Gasteiger partial charge < -0.3 is 14.8 Å². The molecule has 0 unspecified atom stereocenters. The van der Waals surface area contributed by atoms with Crippen molar-refractivity contribution in [3.63, 3.8) is 0 Å². The molecule has 25 heavy (non-hydrogen) atoms. The highest BCUT2D eigenvalue weighted by molar-refractivity contribution is 9.10. The first kappa shape index (κ1) is 17.8. The van der Waals surface area contributed by atoms with Crippen LogP contribution < -0.4 is 14.8 Å². The summed E-state index contributed by atoms with van der Waals surface area (Å²) >= 11 is 3.43. The van der Waals surface area contributed by atoms with Gasteiger partial charge in [-0.25, -0.2) is 0 Å². The zero-order chi connectivity index (χ0) is 17.8. The molecule has 0 saturated heterocycles. The fraction of sp³-hybridized carbons (Fsp3) is 0.316. The standard InChI is InChI=1S/C19H21BrN2O3/c1-13(22(2)12-14-3-5-15(20)6-4-14)19(23)21-16-7-8-17-18(11-16)25-10-9-24-17/h3-8,11,13H,9-10,12H2,1-2H3,(H,21,23)/t13-/m1/s1. The molecule has 3 rings (SSSR count). The van der Waals surface area contributed by atoms with Crippen LogP contribution in [-0.4, -0.2) is 37.1 Å². The average molecular weight is 405 g/mol. The van der Waals surface area contributed by atoms with Crippen molar-refractivity contribution < 1.29 is 14.3 Å². The van der Waals surface area contributed by atoms with Crippen molar-refractivity contribution in [2.75, 3.05) is 25.6 Å². The maximum Gasteiger partial charge on any atom is 0.241 e. The van der Waals surface area contributed by atoms with Gasteiger partial charge in [-0.3, -0.25) is 9.69 Å². The number of hydrogen-bond donors (Lipinski definition) is 1. The van der Waals surface area contributed by atoms with E-state index in [2.05, 4.69) is 21.2 Å². The molecule has 0 radical (unpaired) electrons. The van der Waals surface area contributed by atoms with E-state index >= 15 is 0 Å². The summed E-state index contributed by atoms with van der Waals surface area (Å²) in [4.78, 5) is 14.5. The molecule has 0 bridgehead atoms. The largest absolute Gasteiger partial charge is 0.486 e. The second-order valence-electron chi connectivity index (χ2n) is 6.07. The number of amides is 1. The van der Waals surface area contributed by atoms with Crippen LogP contribution in [0.3, 0.4) is 0 Å². The van der Waals surface area contributed by atoms with E-state index in [0.717, 1.165) is 10.0 Å². The van der Waals surface area contributed by atoms with Gasteiger partial charge in [0.1, 0.15) is 13.2 Å². The Balaban J connectivity index is 1.60. The highest BCUT2D eigenvalue weighted by Crippen LogP contribution is 2.32. The first-order chi connectivity index (χ1) is 12.0. The lowest BCUT2D eigenvalue weighted by Crippen LogP contribution is -2.39. The summed E-state index contributed by atoms with van der Waals surface area (Å²) in [6, 6.07) is 13.3. The molecule has 1 aliphatic heterocycles. The van der Waals surface area contributed by atoms with Crippen LogP contribution in [0.25, 0.3) is 0 Å². The Morgan fingerprint density at radius 1 is 1.16 bits per heavy atom. The number of benzene rings is 2. The van der Waals surface area contributed by atoms with Crippen molar-refractivity contribution in [2.45, 2.75) is 19.5 Å². The molecule has 1 aliphatic rings. The molecule has 2 aromatic carbocycles. The van der Waals surface area contributed by atoms with Crippen LogP contribution in [0.15, 0.2) is 46.9 Å². The third kappa shape index (κ3) is 4.52. The molecular weight excluding hydrogens is 384 g/mol. The Kier molecular flexibility index (Phi) is 5.60. The minimum atomic E-state index is -0.267. The van der Waals surface area contributed by atoms with E-state index in [1.54, 1.807) is 6.07 Å². The van der Waals surface area contributed by atoms with Crippen LogP contribution in [0.2, 0.25) is 0 Å². The van der Waals surface area contributed by atoms with E-state index in [4.69, 9.17) is 9.47 Å². The number of rotatable bonds is 5. The van der Waals surface area contributed by atoms with Crippen LogP contribution in [0.4, 0.5) is 5.69 Å². The molecule has 132 valence electrons. The van der Waals surface area contributed by atoms with Gasteiger partial charge in [0.15, 0.2) is 11.5 Å². The summed E-state index contributed by atoms with van der Waals surface area (Å²) in [5.41, 5.74) is 1.86. The zero-order valence-corrected chi connectivity index (χ0v) is 15.9. The molecule has 2 aromatic rings. The fourth-order valence-corrected chi connectivity index (χ4v) is 2.85. The molecule has 1 heterocycles. The summed E-state index contributed by atoms with van der Waals surface area (Å²) < 4.78 is 12.1. The number of carbonyl (C=O) groups is 1. The van der Waals surface area contributed by atoms with Gasteiger partial charge in [0.2, 0.25) is 5.91 Å². The van der Waals surface area contributed by atoms with Crippen LogP contribution in [0.5, 0.6) is 11.5 Å². The number of ether oxygens (including phenoxy) is 2. The topological polar surface area (TPSA) is 50.8 Å². The monoisotopic (exact) mass is 404 g/mol. The lowest BCUT2D eigenvalue weighted by Gasteiger charge is -2.24. The van der Waals surface area contributed by atoms with E-state index in [1.165, 1.54) is 0 Å². The fourth-order valence-electron chi connectivity index (χ4n) is 2.58. The number of fused-ring (bicyclic) bond motifs is 1. The predicted octanol–water partition coefficient (Wildman–Crippen LogP) is 3.68. The van der Waals surface area contributed by atoms with Gasteiger partial charge in [0.05, 0.1) is 6.04 Å². The number of carbonyl (C=O) groups excluding carboxylic acids is 1.